The fraction of sp³-hybridized carbons (Fsp3) is 0.200. The van der Waals surface area contributed by atoms with Crippen LogP contribution >= 0.6 is 0 Å². The first-order chi connectivity index (χ1) is 11.0. The molecule has 3 heteroatoms. The van der Waals surface area contributed by atoms with Gasteiger partial charge in [0.1, 0.15) is 11.5 Å². The molecule has 0 saturated heterocycles. The Kier molecular flexibility index (Phi) is 5.52. The Morgan fingerprint density at radius 2 is 1.00 bits per heavy atom. The van der Waals surface area contributed by atoms with Crippen molar-refractivity contribution in [2.24, 2.45) is 0 Å². The first-order valence-electron chi connectivity index (χ1n) is 7.37. The third-order valence-electron chi connectivity index (χ3n) is 3.22. The molecule has 0 aliphatic rings. The van der Waals surface area contributed by atoms with Gasteiger partial charge in [-0.1, -0.05) is 11.8 Å². The van der Waals surface area contributed by atoms with Crippen molar-refractivity contribution < 1.29 is 9.47 Å². The van der Waals surface area contributed by atoms with Crippen molar-refractivity contribution >= 4 is 8.07 Å². The summed E-state index contributed by atoms with van der Waals surface area (Å²) in [4.78, 5) is 0. The van der Waals surface area contributed by atoms with E-state index < -0.39 is 8.07 Å². The van der Waals surface area contributed by atoms with Gasteiger partial charge in [-0.3, -0.25) is 0 Å². The minimum absolute atomic E-state index is 0.839. The summed E-state index contributed by atoms with van der Waals surface area (Å²) in [7, 11) is 1.42. The SMILES string of the molecule is COc1ccc(C#C[Si](C)(C)C#Cc2ccc(OC)cc2)cc1. The van der Waals surface area contributed by atoms with Gasteiger partial charge in [0.25, 0.3) is 0 Å². The summed E-state index contributed by atoms with van der Waals surface area (Å²) >= 11 is 0. The molecule has 0 fully saturated rings. The molecule has 2 rings (SSSR count). The number of ether oxygens (including phenoxy) is 2. The molecular weight excluding hydrogens is 300 g/mol. The summed E-state index contributed by atoms with van der Waals surface area (Å²) in [6.45, 7) is 4.31. The maximum atomic E-state index is 5.15. The molecule has 2 aromatic rings. The Morgan fingerprint density at radius 3 is 1.30 bits per heavy atom. The molecule has 0 atom stereocenters. The van der Waals surface area contributed by atoms with Crippen LogP contribution in [0, 0.1) is 22.9 Å². The average molecular weight is 320 g/mol. The lowest BCUT2D eigenvalue weighted by Gasteiger charge is -2.04. The Morgan fingerprint density at radius 1 is 0.652 bits per heavy atom. The van der Waals surface area contributed by atoms with E-state index >= 15 is 0 Å². The highest BCUT2D eigenvalue weighted by molar-refractivity contribution is 6.92. The van der Waals surface area contributed by atoms with E-state index in [1.807, 2.05) is 48.5 Å². The van der Waals surface area contributed by atoms with Gasteiger partial charge in [0.2, 0.25) is 8.07 Å². The smallest absolute Gasteiger partial charge is 0.211 e. The third-order valence-corrected chi connectivity index (χ3v) is 4.72. The van der Waals surface area contributed by atoms with Gasteiger partial charge >= 0.3 is 0 Å². The van der Waals surface area contributed by atoms with Gasteiger partial charge in [-0.25, -0.2) is 0 Å². The molecule has 2 aromatic carbocycles. The molecule has 0 bridgehead atoms. The highest BCUT2D eigenvalue weighted by Crippen LogP contribution is 2.12. The van der Waals surface area contributed by atoms with E-state index in [0.717, 1.165) is 22.6 Å². The average Bonchev–Trinajstić information content (AvgIpc) is 2.59. The lowest BCUT2D eigenvalue weighted by Crippen LogP contribution is -2.21. The maximum absolute atomic E-state index is 5.15. The number of rotatable bonds is 2. The highest BCUT2D eigenvalue weighted by Gasteiger charge is 2.13. The quantitative estimate of drug-likeness (QED) is 0.617. The predicted molar refractivity (Wildman–Crippen MR) is 97.2 cm³/mol. The zero-order chi connectivity index (χ0) is 16.7. The first-order valence-corrected chi connectivity index (χ1v) is 10.4. The second kappa shape index (κ2) is 7.58. The molecule has 0 heterocycles. The van der Waals surface area contributed by atoms with Crippen molar-refractivity contribution in [3.05, 3.63) is 59.7 Å². The largest absolute Gasteiger partial charge is 0.497 e. The number of methoxy groups -OCH3 is 2. The zero-order valence-electron chi connectivity index (χ0n) is 13.9. The molecule has 0 spiro atoms. The summed E-state index contributed by atoms with van der Waals surface area (Å²) in [6.07, 6.45) is 0. The summed E-state index contributed by atoms with van der Waals surface area (Å²) in [5.41, 5.74) is 8.68. The summed E-state index contributed by atoms with van der Waals surface area (Å²) in [5.74, 6) is 8.13. The normalized spacial score (nSPS) is 9.91. The fourth-order valence-electron chi connectivity index (χ4n) is 1.84. The Labute approximate surface area is 139 Å². The second-order valence-electron chi connectivity index (χ2n) is 5.58. The van der Waals surface area contributed by atoms with Crippen molar-refractivity contribution in [3.63, 3.8) is 0 Å². The molecular formula is C20H20O2Si. The van der Waals surface area contributed by atoms with Crippen molar-refractivity contribution in [2.75, 3.05) is 14.2 Å². The van der Waals surface area contributed by atoms with E-state index in [1.165, 1.54) is 0 Å². The van der Waals surface area contributed by atoms with E-state index in [-0.39, 0.29) is 0 Å². The molecule has 0 amide bonds. The van der Waals surface area contributed by atoms with E-state index in [1.54, 1.807) is 14.2 Å². The molecule has 23 heavy (non-hydrogen) atoms. The van der Waals surface area contributed by atoms with Gasteiger partial charge in [0.15, 0.2) is 0 Å². The highest BCUT2D eigenvalue weighted by atomic mass is 28.3. The van der Waals surface area contributed by atoms with E-state index in [4.69, 9.17) is 9.47 Å². The van der Waals surface area contributed by atoms with E-state index in [0.29, 0.717) is 0 Å². The standard InChI is InChI=1S/C20H20O2Si/c1-21-19-9-5-17(6-10-19)13-15-23(3,4)16-14-18-7-11-20(22-2)12-8-18/h5-12H,1-4H3. The van der Waals surface area contributed by atoms with Gasteiger partial charge in [-0.2, -0.15) is 0 Å². The summed E-state index contributed by atoms with van der Waals surface area (Å²) in [6, 6.07) is 15.5. The van der Waals surface area contributed by atoms with Crippen LogP contribution in [0.1, 0.15) is 11.1 Å². The lowest BCUT2D eigenvalue weighted by atomic mass is 10.2. The van der Waals surface area contributed by atoms with Gasteiger partial charge in [-0.05, 0) is 61.6 Å². The van der Waals surface area contributed by atoms with Crippen molar-refractivity contribution in [1.29, 1.82) is 0 Å². The number of hydrogen-bond donors (Lipinski definition) is 0. The molecule has 116 valence electrons. The maximum Gasteiger partial charge on any atom is 0.211 e. The van der Waals surface area contributed by atoms with E-state index in [9.17, 15) is 0 Å². The molecule has 0 aliphatic carbocycles. The van der Waals surface area contributed by atoms with Crippen LogP contribution in [0.3, 0.4) is 0 Å². The minimum Gasteiger partial charge on any atom is -0.497 e. The minimum atomic E-state index is -1.90. The summed E-state index contributed by atoms with van der Waals surface area (Å²) < 4.78 is 10.3. The first kappa shape index (κ1) is 16.7. The van der Waals surface area contributed by atoms with Crippen molar-refractivity contribution in [1.82, 2.24) is 0 Å². The molecule has 0 N–H and O–H groups in total. The number of benzene rings is 2. The zero-order valence-corrected chi connectivity index (χ0v) is 14.9. The second-order valence-corrected chi connectivity index (χ2v) is 9.33. The molecule has 0 unspecified atom stereocenters. The molecule has 0 aliphatic heterocycles. The van der Waals surface area contributed by atoms with E-state index in [2.05, 4.69) is 36.0 Å². The van der Waals surface area contributed by atoms with Gasteiger partial charge < -0.3 is 9.47 Å². The Hall–Kier alpha value is -2.62. The monoisotopic (exact) mass is 320 g/mol. The van der Waals surface area contributed by atoms with Crippen LogP contribution in [0.2, 0.25) is 13.1 Å². The van der Waals surface area contributed by atoms with Gasteiger partial charge in [0.05, 0.1) is 14.2 Å². The topological polar surface area (TPSA) is 18.5 Å². The molecule has 2 nitrogen and oxygen atoms in total. The van der Waals surface area contributed by atoms with Crippen LogP contribution in [0.15, 0.2) is 48.5 Å². The van der Waals surface area contributed by atoms with Gasteiger partial charge in [-0.15, -0.1) is 11.1 Å². The summed E-state index contributed by atoms with van der Waals surface area (Å²) in [5, 5.41) is 0. The molecule has 0 aromatic heterocycles. The van der Waals surface area contributed by atoms with Crippen LogP contribution in [-0.2, 0) is 0 Å². The van der Waals surface area contributed by atoms with Crippen LogP contribution < -0.4 is 9.47 Å². The molecule has 0 saturated carbocycles. The van der Waals surface area contributed by atoms with Crippen LogP contribution in [0.5, 0.6) is 11.5 Å². The Bertz CT molecular complexity index is 699. The molecule has 0 radical (unpaired) electrons. The van der Waals surface area contributed by atoms with Gasteiger partial charge in [0, 0.05) is 11.1 Å². The van der Waals surface area contributed by atoms with Crippen LogP contribution in [-0.4, -0.2) is 22.3 Å². The predicted octanol–water partition coefficient (Wildman–Crippen LogP) is 3.89. The third kappa shape index (κ3) is 5.25. The van der Waals surface area contributed by atoms with Crippen LogP contribution in [0.4, 0.5) is 0 Å². The fourth-order valence-corrected chi connectivity index (χ4v) is 2.81. The van der Waals surface area contributed by atoms with Crippen molar-refractivity contribution in [2.45, 2.75) is 13.1 Å². The lowest BCUT2D eigenvalue weighted by molar-refractivity contribution is 0.414. The Balaban J connectivity index is 2.12. The van der Waals surface area contributed by atoms with Crippen molar-refractivity contribution in [3.8, 4) is 34.4 Å². The van der Waals surface area contributed by atoms with Crippen LogP contribution in [0.25, 0.3) is 0 Å². The number of hydrogen-bond acceptors (Lipinski definition) is 2.